The van der Waals surface area contributed by atoms with Gasteiger partial charge >= 0.3 is 5.97 Å². The number of halogens is 1. The summed E-state index contributed by atoms with van der Waals surface area (Å²) >= 11 is 3.35. The van der Waals surface area contributed by atoms with Crippen LogP contribution in [0.25, 0.3) is 0 Å². The third-order valence-corrected chi connectivity index (χ3v) is 2.75. The minimum absolute atomic E-state index is 0.357. The van der Waals surface area contributed by atoms with Gasteiger partial charge in [-0.15, -0.1) is 0 Å². The molecule has 1 rings (SSSR count). The zero-order valence-electron chi connectivity index (χ0n) is 9.91. The second kappa shape index (κ2) is 5.82. The first-order valence-electron chi connectivity index (χ1n) is 5.14. The van der Waals surface area contributed by atoms with Gasteiger partial charge in [-0.3, -0.25) is 9.59 Å². The first kappa shape index (κ1) is 13.7. The van der Waals surface area contributed by atoms with Gasteiger partial charge < -0.3 is 10.1 Å². The van der Waals surface area contributed by atoms with Gasteiger partial charge in [-0.05, 0) is 47.5 Å². The highest BCUT2D eigenvalue weighted by molar-refractivity contribution is 9.10. The van der Waals surface area contributed by atoms with Crippen LogP contribution in [0.4, 0.5) is 5.69 Å². The summed E-state index contributed by atoms with van der Waals surface area (Å²) in [6, 6.07) is 5.57. The number of rotatable bonds is 3. The van der Waals surface area contributed by atoms with Crippen molar-refractivity contribution in [3.05, 3.63) is 28.2 Å². The van der Waals surface area contributed by atoms with E-state index in [1.165, 1.54) is 13.8 Å². The van der Waals surface area contributed by atoms with Crippen molar-refractivity contribution in [3.63, 3.8) is 0 Å². The molecule has 0 spiro atoms. The van der Waals surface area contributed by atoms with Crippen molar-refractivity contribution in [2.45, 2.75) is 26.9 Å². The molecule has 4 nitrogen and oxygen atoms in total. The van der Waals surface area contributed by atoms with Crippen LogP contribution in [0.5, 0.6) is 0 Å². The lowest BCUT2D eigenvalue weighted by molar-refractivity contribution is -0.150. The third kappa shape index (κ3) is 4.19. The fraction of sp³-hybridized carbons (Fsp3) is 0.333. The average Bonchev–Trinajstić information content (AvgIpc) is 2.21. The molecule has 0 saturated heterocycles. The van der Waals surface area contributed by atoms with Crippen LogP contribution in [0.2, 0.25) is 0 Å². The van der Waals surface area contributed by atoms with Gasteiger partial charge in [-0.2, -0.15) is 0 Å². The van der Waals surface area contributed by atoms with E-state index in [0.717, 1.165) is 10.0 Å². The Kier molecular flexibility index (Phi) is 4.69. The predicted octanol–water partition coefficient (Wildman–Crippen LogP) is 2.65. The van der Waals surface area contributed by atoms with Crippen molar-refractivity contribution < 1.29 is 14.3 Å². The number of hydrogen-bond acceptors (Lipinski definition) is 3. The molecule has 0 aromatic heterocycles. The SMILES string of the molecule is CC(=O)O[C@H](C)C(=O)Nc1ccc(C)cc1Br. The van der Waals surface area contributed by atoms with Crippen LogP contribution in [0, 0.1) is 6.92 Å². The lowest BCUT2D eigenvalue weighted by Gasteiger charge is -2.13. The van der Waals surface area contributed by atoms with Crippen molar-refractivity contribution in [1.29, 1.82) is 0 Å². The number of ether oxygens (including phenoxy) is 1. The summed E-state index contributed by atoms with van der Waals surface area (Å²) in [5.74, 6) is -0.833. The molecule has 5 heteroatoms. The number of carbonyl (C=O) groups excluding carboxylic acids is 2. The van der Waals surface area contributed by atoms with Crippen LogP contribution < -0.4 is 5.32 Å². The molecule has 0 fully saturated rings. The fourth-order valence-electron chi connectivity index (χ4n) is 1.26. The number of nitrogens with one attached hydrogen (secondary N) is 1. The standard InChI is InChI=1S/C12H14BrNO3/c1-7-4-5-11(10(13)6-7)14-12(16)8(2)17-9(3)15/h4-6,8H,1-3H3,(H,14,16)/t8-/m1/s1. The van der Waals surface area contributed by atoms with Crippen LogP contribution >= 0.6 is 15.9 Å². The molecule has 0 saturated carbocycles. The smallest absolute Gasteiger partial charge is 0.303 e. The number of esters is 1. The summed E-state index contributed by atoms with van der Waals surface area (Å²) in [5, 5.41) is 2.68. The first-order valence-corrected chi connectivity index (χ1v) is 5.93. The molecule has 0 aliphatic rings. The Morgan fingerprint density at radius 1 is 1.41 bits per heavy atom. The highest BCUT2D eigenvalue weighted by Gasteiger charge is 2.16. The summed E-state index contributed by atoms with van der Waals surface area (Å²) in [4.78, 5) is 22.4. The van der Waals surface area contributed by atoms with E-state index in [1.54, 1.807) is 6.07 Å². The van der Waals surface area contributed by atoms with E-state index < -0.39 is 12.1 Å². The number of amides is 1. The summed E-state index contributed by atoms with van der Waals surface area (Å²) in [6.07, 6.45) is -0.805. The van der Waals surface area contributed by atoms with Gasteiger partial charge in [-0.1, -0.05) is 6.07 Å². The van der Waals surface area contributed by atoms with Crippen molar-refractivity contribution in [2.75, 3.05) is 5.32 Å². The van der Waals surface area contributed by atoms with Crippen LogP contribution in [0.3, 0.4) is 0 Å². The molecule has 17 heavy (non-hydrogen) atoms. The minimum Gasteiger partial charge on any atom is -0.453 e. The van der Waals surface area contributed by atoms with Gasteiger partial charge in [0, 0.05) is 11.4 Å². The highest BCUT2D eigenvalue weighted by Crippen LogP contribution is 2.23. The van der Waals surface area contributed by atoms with E-state index in [9.17, 15) is 9.59 Å². The highest BCUT2D eigenvalue weighted by atomic mass is 79.9. The number of benzene rings is 1. The molecule has 0 bridgehead atoms. The third-order valence-electron chi connectivity index (χ3n) is 2.09. The van der Waals surface area contributed by atoms with Crippen molar-refractivity contribution in [1.82, 2.24) is 0 Å². The maximum Gasteiger partial charge on any atom is 0.303 e. The normalized spacial score (nSPS) is 11.8. The Bertz CT molecular complexity index is 445. The maximum atomic E-state index is 11.7. The van der Waals surface area contributed by atoms with Gasteiger partial charge in [0.2, 0.25) is 0 Å². The van der Waals surface area contributed by atoms with Crippen LogP contribution in [0.1, 0.15) is 19.4 Å². The molecule has 1 aromatic rings. The Balaban J connectivity index is 2.71. The van der Waals surface area contributed by atoms with E-state index in [1.807, 2.05) is 19.1 Å². The van der Waals surface area contributed by atoms with Gasteiger partial charge in [-0.25, -0.2) is 0 Å². The fourth-order valence-corrected chi connectivity index (χ4v) is 1.85. The second-order valence-electron chi connectivity index (χ2n) is 3.72. The zero-order valence-corrected chi connectivity index (χ0v) is 11.5. The average molecular weight is 300 g/mol. The van der Waals surface area contributed by atoms with E-state index in [2.05, 4.69) is 21.2 Å². The molecule has 0 heterocycles. The lowest BCUT2D eigenvalue weighted by atomic mass is 10.2. The van der Waals surface area contributed by atoms with Crippen molar-refractivity contribution >= 4 is 33.5 Å². The summed E-state index contributed by atoms with van der Waals surface area (Å²) in [5.41, 5.74) is 1.74. The van der Waals surface area contributed by atoms with E-state index in [4.69, 9.17) is 4.74 Å². The Morgan fingerprint density at radius 2 is 2.06 bits per heavy atom. The summed E-state index contributed by atoms with van der Waals surface area (Å²) < 4.78 is 5.57. The Hall–Kier alpha value is -1.36. The van der Waals surface area contributed by atoms with E-state index in [-0.39, 0.29) is 5.91 Å². The second-order valence-corrected chi connectivity index (χ2v) is 4.58. The van der Waals surface area contributed by atoms with Crippen LogP contribution in [-0.4, -0.2) is 18.0 Å². The van der Waals surface area contributed by atoms with Gasteiger partial charge in [0.15, 0.2) is 6.10 Å². The zero-order chi connectivity index (χ0) is 13.0. The van der Waals surface area contributed by atoms with Gasteiger partial charge in [0.25, 0.3) is 5.91 Å². The van der Waals surface area contributed by atoms with Crippen molar-refractivity contribution in [2.24, 2.45) is 0 Å². The molecule has 1 amide bonds. The Morgan fingerprint density at radius 3 is 2.59 bits per heavy atom. The Labute approximate surface area is 108 Å². The van der Waals surface area contributed by atoms with E-state index >= 15 is 0 Å². The topological polar surface area (TPSA) is 55.4 Å². The molecule has 0 aliphatic carbocycles. The van der Waals surface area contributed by atoms with Gasteiger partial charge in [0.1, 0.15) is 0 Å². The maximum absolute atomic E-state index is 11.7. The monoisotopic (exact) mass is 299 g/mol. The van der Waals surface area contributed by atoms with Crippen molar-refractivity contribution in [3.8, 4) is 0 Å². The minimum atomic E-state index is -0.805. The number of carbonyl (C=O) groups is 2. The summed E-state index contributed by atoms with van der Waals surface area (Å²) in [7, 11) is 0. The molecule has 0 aliphatic heterocycles. The largest absolute Gasteiger partial charge is 0.453 e. The predicted molar refractivity (Wildman–Crippen MR) is 68.7 cm³/mol. The molecule has 1 atom stereocenters. The molecule has 0 radical (unpaired) electrons. The summed E-state index contributed by atoms with van der Waals surface area (Å²) in [6.45, 7) is 4.75. The quantitative estimate of drug-likeness (QED) is 0.873. The van der Waals surface area contributed by atoms with E-state index in [0.29, 0.717) is 5.69 Å². The molecule has 0 unspecified atom stereocenters. The number of hydrogen-bond donors (Lipinski definition) is 1. The van der Waals surface area contributed by atoms with Crippen LogP contribution in [-0.2, 0) is 14.3 Å². The number of anilines is 1. The molecular formula is C12H14BrNO3. The number of aryl methyl sites for hydroxylation is 1. The molecule has 1 N–H and O–H groups in total. The molecule has 92 valence electrons. The van der Waals surface area contributed by atoms with Crippen LogP contribution in [0.15, 0.2) is 22.7 Å². The first-order chi connectivity index (χ1) is 7.90. The van der Waals surface area contributed by atoms with Gasteiger partial charge in [0.05, 0.1) is 5.69 Å². The molecular weight excluding hydrogens is 286 g/mol. The molecule has 1 aromatic carbocycles. The lowest BCUT2D eigenvalue weighted by Crippen LogP contribution is -2.29.